The number of aromatic nitrogens is 2. The number of halogens is 1. The highest BCUT2D eigenvalue weighted by molar-refractivity contribution is 5.87. The summed E-state index contributed by atoms with van der Waals surface area (Å²) in [7, 11) is 1.84. The van der Waals surface area contributed by atoms with Crippen molar-refractivity contribution in [2.75, 3.05) is 5.32 Å². The summed E-state index contributed by atoms with van der Waals surface area (Å²) in [5, 5.41) is 16.2. The molecule has 0 saturated carbocycles. The molecule has 2 rings (SSSR count). The molecule has 1 aromatic heterocycles. The molecule has 0 radical (unpaired) electrons. The molecule has 1 aromatic carbocycles. The summed E-state index contributed by atoms with van der Waals surface area (Å²) < 4.78 is 15.3. The molecule has 0 unspecified atom stereocenters. The average Bonchev–Trinajstić information content (AvgIpc) is 2.76. The van der Waals surface area contributed by atoms with Crippen molar-refractivity contribution in [2.45, 2.75) is 19.9 Å². The van der Waals surface area contributed by atoms with Crippen LogP contribution in [0.5, 0.6) is 0 Å². The Bertz CT molecular complexity index is 637. The van der Waals surface area contributed by atoms with Gasteiger partial charge in [-0.2, -0.15) is 5.10 Å². The van der Waals surface area contributed by atoms with Crippen molar-refractivity contribution in [3.05, 3.63) is 47.0 Å². The lowest BCUT2D eigenvalue weighted by Gasteiger charge is -2.07. The average molecular weight is 277 g/mol. The van der Waals surface area contributed by atoms with Gasteiger partial charge < -0.3 is 10.4 Å². The molecule has 1 heterocycles. The van der Waals surface area contributed by atoms with E-state index in [1.807, 2.05) is 20.2 Å². The molecule has 5 nitrogen and oxygen atoms in total. The first-order valence-corrected chi connectivity index (χ1v) is 6.29. The van der Waals surface area contributed by atoms with Gasteiger partial charge in [0.05, 0.1) is 16.9 Å². The van der Waals surface area contributed by atoms with Crippen LogP contribution in [0.25, 0.3) is 0 Å². The van der Waals surface area contributed by atoms with Gasteiger partial charge in [-0.25, -0.2) is 9.18 Å². The summed E-state index contributed by atoms with van der Waals surface area (Å²) in [6.07, 6.45) is 2.66. The maximum Gasteiger partial charge on any atom is 0.338 e. The zero-order valence-corrected chi connectivity index (χ0v) is 11.4. The first-order chi connectivity index (χ1) is 9.51. The molecule has 6 heteroatoms. The van der Waals surface area contributed by atoms with E-state index < -0.39 is 11.8 Å². The van der Waals surface area contributed by atoms with Gasteiger partial charge in [-0.05, 0) is 24.1 Å². The van der Waals surface area contributed by atoms with Crippen LogP contribution in [0.4, 0.5) is 10.1 Å². The van der Waals surface area contributed by atoms with Gasteiger partial charge in [0.2, 0.25) is 0 Å². The summed E-state index contributed by atoms with van der Waals surface area (Å²) in [5.74, 6) is -1.98. The molecule has 2 N–H and O–H groups in total. The molecular weight excluding hydrogens is 261 g/mol. The van der Waals surface area contributed by atoms with Gasteiger partial charge in [0.25, 0.3) is 0 Å². The third-order valence-electron chi connectivity index (χ3n) is 2.99. The van der Waals surface area contributed by atoms with Crippen LogP contribution in [0, 0.1) is 5.82 Å². The molecule has 0 atom stereocenters. The van der Waals surface area contributed by atoms with E-state index >= 15 is 0 Å². The minimum absolute atomic E-state index is 0.315. The van der Waals surface area contributed by atoms with E-state index in [1.165, 1.54) is 12.1 Å². The van der Waals surface area contributed by atoms with Crippen LogP contribution in [0.3, 0.4) is 0 Å². The van der Waals surface area contributed by atoms with Gasteiger partial charge >= 0.3 is 5.97 Å². The Morgan fingerprint density at radius 3 is 2.85 bits per heavy atom. The van der Waals surface area contributed by atoms with Gasteiger partial charge in [-0.1, -0.05) is 13.0 Å². The standard InChI is InChI=1S/C14H16FN3O2/c1-3-12-13(8-18(2)17-12)16-7-9-4-5-10(14(19)20)11(15)6-9/h4-6,8,16H,3,7H2,1-2H3,(H,19,20). The van der Waals surface area contributed by atoms with E-state index in [0.29, 0.717) is 12.1 Å². The minimum Gasteiger partial charge on any atom is -0.478 e. The van der Waals surface area contributed by atoms with Gasteiger partial charge in [-0.3, -0.25) is 4.68 Å². The van der Waals surface area contributed by atoms with Crippen LogP contribution in [0.2, 0.25) is 0 Å². The molecule has 2 aromatic rings. The summed E-state index contributed by atoms with van der Waals surface area (Å²) in [5.41, 5.74) is 2.20. The summed E-state index contributed by atoms with van der Waals surface area (Å²) in [6, 6.07) is 4.11. The number of nitrogens with zero attached hydrogens (tertiary/aromatic N) is 2. The van der Waals surface area contributed by atoms with Crippen molar-refractivity contribution in [1.82, 2.24) is 9.78 Å². The number of hydrogen-bond acceptors (Lipinski definition) is 3. The SMILES string of the molecule is CCc1nn(C)cc1NCc1ccc(C(=O)O)c(F)c1. The van der Waals surface area contributed by atoms with Crippen LogP contribution >= 0.6 is 0 Å². The minimum atomic E-state index is -1.26. The number of rotatable bonds is 5. The third kappa shape index (κ3) is 2.96. The van der Waals surface area contributed by atoms with E-state index in [1.54, 1.807) is 10.7 Å². The number of hydrogen-bond donors (Lipinski definition) is 2. The molecule has 0 bridgehead atoms. The summed E-state index contributed by atoms with van der Waals surface area (Å²) >= 11 is 0. The van der Waals surface area contributed by atoms with Crippen LogP contribution in [-0.4, -0.2) is 20.9 Å². The smallest absolute Gasteiger partial charge is 0.338 e. The van der Waals surface area contributed by atoms with Crippen LogP contribution in [-0.2, 0) is 20.0 Å². The molecule has 20 heavy (non-hydrogen) atoms. The van der Waals surface area contributed by atoms with Gasteiger partial charge in [0, 0.05) is 19.8 Å². The quantitative estimate of drug-likeness (QED) is 0.880. The van der Waals surface area contributed by atoms with E-state index in [0.717, 1.165) is 17.8 Å². The molecular formula is C14H16FN3O2. The molecule has 0 amide bonds. The van der Waals surface area contributed by atoms with Crippen molar-refractivity contribution in [3.63, 3.8) is 0 Å². The number of aryl methyl sites for hydroxylation is 2. The van der Waals surface area contributed by atoms with Crippen molar-refractivity contribution < 1.29 is 14.3 Å². The zero-order chi connectivity index (χ0) is 14.7. The first kappa shape index (κ1) is 14.0. The van der Waals surface area contributed by atoms with Crippen LogP contribution in [0.1, 0.15) is 28.5 Å². The Kier molecular flexibility index (Phi) is 4.02. The Hall–Kier alpha value is -2.37. The Balaban J connectivity index is 2.11. The third-order valence-corrected chi connectivity index (χ3v) is 2.99. The molecule has 106 valence electrons. The van der Waals surface area contributed by atoms with Crippen LogP contribution in [0.15, 0.2) is 24.4 Å². The largest absolute Gasteiger partial charge is 0.478 e. The van der Waals surface area contributed by atoms with Crippen molar-refractivity contribution in [2.24, 2.45) is 7.05 Å². The van der Waals surface area contributed by atoms with Crippen molar-refractivity contribution >= 4 is 11.7 Å². The molecule has 0 fully saturated rings. The number of anilines is 1. The van der Waals surface area contributed by atoms with Gasteiger partial charge in [0.1, 0.15) is 5.82 Å². The topological polar surface area (TPSA) is 67.2 Å². The Morgan fingerprint density at radius 2 is 2.25 bits per heavy atom. The van der Waals surface area contributed by atoms with E-state index in [-0.39, 0.29) is 5.56 Å². The highest BCUT2D eigenvalue weighted by Crippen LogP contribution is 2.16. The molecule has 0 aliphatic rings. The highest BCUT2D eigenvalue weighted by Gasteiger charge is 2.11. The molecule has 0 saturated heterocycles. The van der Waals surface area contributed by atoms with E-state index in [4.69, 9.17) is 5.11 Å². The zero-order valence-electron chi connectivity index (χ0n) is 11.4. The first-order valence-electron chi connectivity index (χ1n) is 6.29. The predicted molar refractivity (Wildman–Crippen MR) is 73.3 cm³/mol. The second-order valence-electron chi connectivity index (χ2n) is 4.49. The fourth-order valence-corrected chi connectivity index (χ4v) is 1.98. The maximum absolute atomic E-state index is 13.6. The fourth-order valence-electron chi connectivity index (χ4n) is 1.98. The number of aromatic carboxylic acids is 1. The lowest BCUT2D eigenvalue weighted by molar-refractivity contribution is 0.0692. The number of nitrogens with one attached hydrogen (secondary N) is 1. The highest BCUT2D eigenvalue weighted by atomic mass is 19.1. The summed E-state index contributed by atoms with van der Waals surface area (Å²) in [4.78, 5) is 10.7. The Labute approximate surface area is 116 Å². The van der Waals surface area contributed by atoms with E-state index in [9.17, 15) is 9.18 Å². The number of carboxylic acids is 1. The van der Waals surface area contributed by atoms with Crippen molar-refractivity contribution in [3.8, 4) is 0 Å². The van der Waals surface area contributed by atoms with Gasteiger partial charge in [0.15, 0.2) is 0 Å². The second kappa shape index (κ2) is 5.73. The van der Waals surface area contributed by atoms with Crippen LogP contribution < -0.4 is 5.32 Å². The molecule has 0 spiro atoms. The normalized spacial score (nSPS) is 10.6. The Morgan fingerprint density at radius 1 is 1.50 bits per heavy atom. The van der Waals surface area contributed by atoms with Gasteiger partial charge in [-0.15, -0.1) is 0 Å². The monoisotopic (exact) mass is 277 g/mol. The maximum atomic E-state index is 13.6. The molecule has 0 aliphatic heterocycles. The number of benzene rings is 1. The number of carboxylic acid groups (broad SMARTS) is 1. The second-order valence-corrected chi connectivity index (χ2v) is 4.49. The summed E-state index contributed by atoms with van der Waals surface area (Å²) in [6.45, 7) is 2.42. The van der Waals surface area contributed by atoms with Crippen molar-refractivity contribution in [1.29, 1.82) is 0 Å². The predicted octanol–water partition coefficient (Wildman–Crippen LogP) is 2.43. The number of carbonyl (C=O) groups is 1. The molecule has 0 aliphatic carbocycles. The fraction of sp³-hybridized carbons (Fsp3) is 0.286. The van der Waals surface area contributed by atoms with E-state index in [2.05, 4.69) is 10.4 Å². The lowest BCUT2D eigenvalue weighted by Crippen LogP contribution is -2.04. The lowest BCUT2D eigenvalue weighted by atomic mass is 10.1.